The van der Waals surface area contributed by atoms with Crippen LogP contribution in [0.3, 0.4) is 0 Å². The summed E-state index contributed by atoms with van der Waals surface area (Å²) in [7, 11) is -1.62. The Hall–Kier alpha value is 0.110. The standard InChI is InChI=1S/C9H22NO3P/c1-6-8-13-14(11,12-5)10(7-2)9(3)4/h9H,6-8H2,1-5H3. The molecule has 1 atom stereocenters. The van der Waals surface area contributed by atoms with Crippen molar-refractivity contribution in [2.45, 2.75) is 40.2 Å². The summed E-state index contributed by atoms with van der Waals surface area (Å²) in [6.45, 7) is 9.00. The van der Waals surface area contributed by atoms with Gasteiger partial charge in [0.1, 0.15) is 0 Å². The SMILES string of the molecule is CCCOP(=O)(OC)N(CC)C(C)C. The van der Waals surface area contributed by atoms with Crippen LogP contribution < -0.4 is 0 Å². The fourth-order valence-electron chi connectivity index (χ4n) is 1.26. The second-order valence-electron chi connectivity index (χ2n) is 3.33. The average Bonchev–Trinajstić information content (AvgIpc) is 2.15. The molecule has 0 saturated carbocycles. The minimum absolute atomic E-state index is 0.155. The Morgan fingerprint density at radius 2 is 1.93 bits per heavy atom. The Kier molecular flexibility index (Phi) is 6.62. The summed E-state index contributed by atoms with van der Waals surface area (Å²) in [5, 5.41) is 0. The molecule has 0 aliphatic carbocycles. The van der Waals surface area contributed by atoms with Crippen molar-refractivity contribution in [3.8, 4) is 0 Å². The molecule has 0 aliphatic rings. The highest BCUT2D eigenvalue weighted by Gasteiger charge is 2.32. The summed E-state index contributed by atoms with van der Waals surface area (Å²) in [4.78, 5) is 0. The van der Waals surface area contributed by atoms with E-state index in [4.69, 9.17) is 9.05 Å². The molecule has 0 heterocycles. The molecule has 1 unspecified atom stereocenters. The first kappa shape index (κ1) is 14.1. The average molecular weight is 223 g/mol. The lowest BCUT2D eigenvalue weighted by Crippen LogP contribution is -2.29. The third-order valence-corrected chi connectivity index (χ3v) is 4.27. The Morgan fingerprint density at radius 1 is 1.36 bits per heavy atom. The first-order chi connectivity index (χ1) is 6.51. The summed E-state index contributed by atoms with van der Waals surface area (Å²) < 4.78 is 24.3. The molecule has 0 rings (SSSR count). The normalized spacial score (nSPS) is 16.2. The van der Waals surface area contributed by atoms with Gasteiger partial charge in [0, 0.05) is 19.7 Å². The molecule has 0 saturated heterocycles. The third kappa shape index (κ3) is 3.70. The molecule has 0 aromatic heterocycles. The van der Waals surface area contributed by atoms with Crippen LogP contribution in [0.2, 0.25) is 0 Å². The first-order valence-electron chi connectivity index (χ1n) is 5.09. The van der Waals surface area contributed by atoms with Gasteiger partial charge in [0.25, 0.3) is 0 Å². The van der Waals surface area contributed by atoms with Gasteiger partial charge in [-0.05, 0) is 20.3 Å². The van der Waals surface area contributed by atoms with Crippen molar-refractivity contribution < 1.29 is 13.6 Å². The van der Waals surface area contributed by atoms with Crippen LogP contribution >= 0.6 is 7.75 Å². The second-order valence-corrected chi connectivity index (χ2v) is 5.41. The van der Waals surface area contributed by atoms with Gasteiger partial charge < -0.3 is 0 Å². The summed E-state index contributed by atoms with van der Waals surface area (Å²) in [6.07, 6.45) is 0.836. The topological polar surface area (TPSA) is 38.8 Å². The zero-order valence-electron chi connectivity index (χ0n) is 9.82. The molecule has 0 aromatic rings. The molecule has 0 aromatic carbocycles. The van der Waals surface area contributed by atoms with E-state index in [-0.39, 0.29) is 6.04 Å². The van der Waals surface area contributed by atoms with E-state index in [1.807, 2.05) is 27.7 Å². The molecule has 0 spiro atoms. The number of hydrogen-bond acceptors (Lipinski definition) is 3. The molecular weight excluding hydrogens is 201 g/mol. The van der Waals surface area contributed by atoms with Crippen LogP contribution in [0.5, 0.6) is 0 Å². The number of rotatable bonds is 7. The third-order valence-electron chi connectivity index (χ3n) is 1.92. The molecule has 0 fully saturated rings. The summed E-state index contributed by atoms with van der Waals surface area (Å²) in [5.41, 5.74) is 0. The Balaban J connectivity index is 4.54. The van der Waals surface area contributed by atoms with E-state index in [9.17, 15) is 4.57 Å². The molecule has 0 radical (unpaired) electrons. The highest BCUT2D eigenvalue weighted by atomic mass is 31.2. The van der Waals surface area contributed by atoms with Crippen LogP contribution in [0.25, 0.3) is 0 Å². The molecule has 86 valence electrons. The van der Waals surface area contributed by atoms with Crippen molar-refractivity contribution in [1.29, 1.82) is 0 Å². The monoisotopic (exact) mass is 223 g/mol. The molecule has 0 aliphatic heterocycles. The minimum Gasteiger partial charge on any atom is -0.300 e. The fourth-order valence-corrected chi connectivity index (χ4v) is 3.05. The highest BCUT2D eigenvalue weighted by Crippen LogP contribution is 2.52. The van der Waals surface area contributed by atoms with Gasteiger partial charge in [0.2, 0.25) is 0 Å². The number of nitrogens with zero attached hydrogens (tertiary/aromatic N) is 1. The van der Waals surface area contributed by atoms with Gasteiger partial charge in [-0.2, -0.15) is 0 Å². The summed E-state index contributed by atoms with van der Waals surface area (Å²) in [6, 6.07) is 0.155. The maximum Gasteiger partial charge on any atom is 0.408 e. The van der Waals surface area contributed by atoms with Crippen LogP contribution in [0.4, 0.5) is 0 Å². The van der Waals surface area contributed by atoms with Gasteiger partial charge in [0.05, 0.1) is 6.61 Å². The van der Waals surface area contributed by atoms with Crippen molar-refractivity contribution in [1.82, 2.24) is 4.67 Å². The predicted molar refractivity (Wildman–Crippen MR) is 58.4 cm³/mol. The van der Waals surface area contributed by atoms with E-state index in [1.165, 1.54) is 7.11 Å². The van der Waals surface area contributed by atoms with Crippen LogP contribution in [0.1, 0.15) is 34.1 Å². The van der Waals surface area contributed by atoms with Crippen molar-refractivity contribution >= 4 is 7.75 Å². The van der Waals surface area contributed by atoms with Gasteiger partial charge in [-0.25, -0.2) is 9.24 Å². The van der Waals surface area contributed by atoms with Gasteiger partial charge in [-0.3, -0.25) is 9.05 Å². The van der Waals surface area contributed by atoms with Gasteiger partial charge >= 0.3 is 7.75 Å². The highest BCUT2D eigenvalue weighted by molar-refractivity contribution is 7.51. The molecule has 0 amide bonds. The number of hydrogen-bond donors (Lipinski definition) is 0. The van der Waals surface area contributed by atoms with Gasteiger partial charge in [-0.1, -0.05) is 13.8 Å². The largest absolute Gasteiger partial charge is 0.408 e. The second kappa shape index (κ2) is 6.57. The predicted octanol–water partition coefficient (Wildman–Crippen LogP) is 2.90. The van der Waals surface area contributed by atoms with Crippen LogP contribution in [0, 0.1) is 0 Å². The first-order valence-corrected chi connectivity index (χ1v) is 6.58. The Labute approximate surface area is 87.2 Å². The maximum absolute atomic E-state index is 12.2. The van der Waals surface area contributed by atoms with E-state index in [2.05, 4.69) is 0 Å². The quantitative estimate of drug-likeness (QED) is 0.622. The minimum atomic E-state index is -3.05. The smallest absolute Gasteiger partial charge is 0.300 e. The summed E-state index contributed by atoms with van der Waals surface area (Å²) >= 11 is 0. The lowest BCUT2D eigenvalue weighted by molar-refractivity contribution is 0.168. The van der Waals surface area contributed by atoms with Crippen LogP contribution in [0.15, 0.2) is 0 Å². The van der Waals surface area contributed by atoms with E-state index >= 15 is 0 Å². The van der Waals surface area contributed by atoms with Gasteiger partial charge in [0.15, 0.2) is 0 Å². The zero-order valence-corrected chi connectivity index (χ0v) is 10.7. The lowest BCUT2D eigenvalue weighted by Gasteiger charge is -2.30. The van der Waals surface area contributed by atoms with Crippen molar-refractivity contribution in [3.63, 3.8) is 0 Å². The Bertz CT molecular complexity index is 196. The van der Waals surface area contributed by atoms with Crippen molar-refractivity contribution in [2.24, 2.45) is 0 Å². The fraction of sp³-hybridized carbons (Fsp3) is 1.00. The molecular formula is C9H22NO3P. The molecule has 0 bridgehead atoms. The summed E-state index contributed by atoms with van der Waals surface area (Å²) in [5.74, 6) is 0. The van der Waals surface area contributed by atoms with Crippen molar-refractivity contribution in [2.75, 3.05) is 20.3 Å². The van der Waals surface area contributed by atoms with Crippen molar-refractivity contribution in [3.05, 3.63) is 0 Å². The zero-order chi connectivity index (χ0) is 11.2. The lowest BCUT2D eigenvalue weighted by atomic mass is 10.4. The van der Waals surface area contributed by atoms with E-state index in [0.717, 1.165) is 6.42 Å². The molecule has 0 N–H and O–H groups in total. The van der Waals surface area contributed by atoms with Gasteiger partial charge in [-0.15, -0.1) is 0 Å². The molecule has 14 heavy (non-hydrogen) atoms. The van der Waals surface area contributed by atoms with E-state index in [0.29, 0.717) is 13.2 Å². The maximum atomic E-state index is 12.2. The Morgan fingerprint density at radius 3 is 2.21 bits per heavy atom. The van der Waals surface area contributed by atoms with E-state index < -0.39 is 7.75 Å². The molecule has 4 nitrogen and oxygen atoms in total. The van der Waals surface area contributed by atoms with Crippen LogP contribution in [-0.2, 0) is 13.6 Å². The van der Waals surface area contributed by atoms with E-state index in [1.54, 1.807) is 4.67 Å². The van der Waals surface area contributed by atoms with Crippen LogP contribution in [-0.4, -0.2) is 31.0 Å². The molecule has 5 heteroatoms.